The second-order valence-electron chi connectivity index (χ2n) is 8.52. The zero-order valence-electron chi connectivity index (χ0n) is 19.0. The van der Waals surface area contributed by atoms with E-state index in [1.807, 2.05) is 41.9 Å². The van der Waals surface area contributed by atoms with Crippen LogP contribution in [-0.2, 0) is 34.6 Å². The Morgan fingerprint density at radius 3 is 2.70 bits per heavy atom. The zero-order chi connectivity index (χ0) is 23.6. The molecule has 0 N–H and O–H groups in total. The summed E-state index contributed by atoms with van der Waals surface area (Å²) >= 11 is 1.35. The average Bonchev–Trinajstić information content (AvgIpc) is 3.32. The molecule has 1 aliphatic rings. The summed E-state index contributed by atoms with van der Waals surface area (Å²) in [6, 6.07) is 12.1. The van der Waals surface area contributed by atoms with Crippen molar-refractivity contribution in [1.29, 1.82) is 0 Å². The van der Waals surface area contributed by atoms with Gasteiger partial charge in [0.05, 0.1) is 24.4 Å². The normalized spacial score (nSPS) is 17.4. The van der Waals surface area contributed by atoms with Gasteiger partial charge in [-0.15, -0.1) is 10.2 Å². The van der Waals surface area contributed by atoms with Crippen LogP contribution in [0.1, 0.15) is 17.8 Å². The molecule has 1 atom stereocenters. The van der Waals surface area contributed by atoms with Crippen LogP contribution in [0.3, 0.4) is 0 Å². The van der Waals surface area contributed by atoms with E-state index in [-0.39, 0.29) is 29.1 Å². The van der Waals surface area contributed by atoms with Gasteiger partial charge in [-0.1, -0.05) is 30.0 Å². The number of amides is 1. The van der Waals surface area contributed by atoms with Crippen molar-refractivity contribution in [3.05, 3.63) is 47.8 Å². The highest BCUT2D eigenvalue weighted by molar-refractivity contribution is 7.99. The summed E-state index contributed by atoms with van der Waals surface area (Å²) < 4.78 is 30.5. The highest BCUT2D eigenvalue weighted by atomic mass is 32.2. The van der Waals surface area contributed by atoms with Gasteiger partial charge in [-0.2, -0.15) is 0 Å². The molecule has 0 saturated carbocycles. The van der Waals surface area contributed by atoms with Crippen LogP contribution in [0.15, 0.2) is 41.6 Å². The summed E-state index contributed by atoms with van der Waals surface area (Å²) in [4.78, 5) is 14.4. The second-order valence-corrected chi connectivity index (χ2v) is 11.7. The molecule has 1 saturated heterocycles. The third kappa shape index (κ3) is 5.67. The van der Waals surface area contributed by atoms with E-state index >= 15 is 0 Å². The number of fused-ring (bicyclic) bond motifs is 1. The number of hydrogen-bond donors (Lipinski definition) is 0. The number of carbonyl (C=O) groups excluding carboxylic acids is 1. The predicted molar refractivity (Wildman–Crippen MR) is 129 cm³/mol. The fourth-order valence-electron chi connectivity index (χ4n) is 4.04. The molecule has 1 amide bonds. The molecular formula is C23H28N4O4S2. The minimum absolute atomic E-state index is 0.00117. The van der Waals surface area contributed by atoms with Crippen molar-refractivity contribution >= 4 is 38.3 Å². The van der Waals surface area contributed by atoms with E-state index in [1.54, 1.807) is 19.1 Å². The number of hydrogen-bond acceptors (Lipinski definition) is 7. The smallest absolute Gasteiger partial charge is 0.233 e. The Hall–Kier alpha value is -2.59. The molecule has 0 bridgehead atoms. The Morgan fingerprint density at radius 1 is 1.21 bits per heavy atom. The minimum atomic E-state index is -2.91. The van der Waals surface area contributed by atoms with Gasteiger partial charge in [-0.05, 0) is 46.9 Å². The molecule has 4 rings (SSSR count). The summed E-state index contributed by atoms with van der Waals surface area (Å²) in [6.45, 7) is 0.515. The van der Waals surface area contributed by atoms with Crippen LogP contribution >= 0.6 is 11.8 Å². The number of rotatable bonds is 8. The van der Waals surface area contributed by atoms with Gasteiger partial charge in [0.1, 0.15) is 11.6 Å². The third-order valence-electron chi connectivity index (χ3n) is 6.01. The van der Waals surface area contributed by atoms with Gasteiger partial charge in [0.15, 0.2) is 15.0 Å². The molecule has 1 aromatic heterocycles. The molecule has 2 heterocycles. The van der Waals surface area contributed by atoms with Crippen LogP contribution in [0.5, 0.6) is 5.75 Å². The van der Waals surface area contributed by atoms with Crippen LogP contribution in [0.4, 0.5) is 0 Å². The summed E-state index contributed by atoms with van der Waals surface area (Å²) in [5.41, 5.74) is 1.06. The van der Waals surface area contributed by atoms with Crippen molar-refractivity contribution in [2.24, 2.45) is 13.0 Å². The van der Waals surface area contributed by atoms with Crippen molar-refractivity contribution in [2.75, 3.05) is 31.4 Å². The first kappa shape index (κ1) is 23.6. The molecule has 2 aromatic carbocycles. The van der Waals surface area contributed by atoms with Crippen molar-refractivity contribution < 1.29 is 17.9 Å². The van der Waals surface area contributed by atoms with E-state index in [4.69, 9.17) is 4.74 Å². The topological polar surface area (TPSA) is 94.4 Å². The van der Waals surface area contributed by atoms with E-state index in [1.165, 1.54) is 11.8 Å². The van der Waals surface area contributed by atoms with Crippen molar-refractivity contribution in [2.45, 2.75) is 24.5 Å². The molecule has 3 aromatic rings. The Bertz CT molecular complexity index is 1270. The molecule has 1 fully saturated rings. The molecule has 1 aliphatic heterocycles. The van der Waals surface area contributed by atoms with Crippen LogP contribution in [-0.4, -0.2) is 65.4 Å². The summed E-state index contributed by atoms with van der Waals surface area (Å²) in [5, 5.41) is 11.3. The fraction of sp³-hybridized carbons (Fsp3) is 0.435. The second kappa shape index (κ2) is 9.72. The Morgan fingerprint density at radius 2 is 1.97 bits per heavy atom. The van der Waals surface area contributed by atoms with E-state index in [2.05, 4.69) is 16.3 Å². The molecule has 0 unspecified atom stereocenters. The predicted octanol–water partition coefficient (Wildman–Crippen LogP) is 2.70. The molecule has 0 spiro atoms. The maximum Gasteiger partial charge on any atom is 0.233 e. The van der Waals surface area contributed by atoms with Crippen molar-refractivity contribution in [1.82, 2.24) is 19.7 Å². The number of benzene rings is 2. The number of aromatic nitrogens is 3. The third-order valence-corrected chi connectivity index (χ3v) is 8.85. The van der Waals surface area contributed by atoms with Gasteiger partial charge in [-0.3, -0.25) is 4.79 Å². The van der Waals surface area contributed by atoms with Gasteiger partial charge in [0.25, 0.3) is 0 Å². The Kier molecular flexibility index (Phi) is 6.94. The number of sulfone groups is 1. The lowest BCUT2D eigenvalue weighted by Crippen LogP contribution is -2.27. The van der Waals surface area contributed by atoms with Crippen LogP contribution in [0.2, 0.25) is 0 Å². The maximum atomic E-state index is 12.7. The van der Waals surface area contributed by atoms with Crippen LogP contribution in [0, 0.1) is 5.92 Å². The lowest BCUT2D eigenvalue weighted by Gasteiger charge is -2.17. The van der Waals surface area contributed by atoms with Crippen LogP contribution < -0.4 is 4.74 Å². The summed E-state index contributed by atoms with van der Waals surface area (Å²) in [6.07, 6.45) is 1.26. The van der Waals surface area contributed by atoms with Gasteiger partial charge < -0.3 is 14.2 Å². The minimum Gasteiger partial charge on any atom is -0.497 e. The van der Waals surface area contributed by atoms with Gasteiger partial charge in [-0.25, -0.2) is 8.42 Å². The number of nitrogens with zero attached hydrogens (tertiary/aromatic N) is 4. The number of carbonyl (C=O) groups is 1. The van der Waals surface area contributed by atoms with E-state index in [9.17, 15) is 13.2 Å². The van der Waals surface area contributed by atoms with Crippen molar-refractivity contribution in [3.8, 4) is 5.75 Å². The molecule has 33 heavy (non-hydrogen) atoms. The van der Waals surface area contributed by atoms with E-state index in [0.717, 1.165) is 27.9 Å². The zero-order valence-corrected chi connectivity index (χ0v) is 20.7. The molecule has 176 valence electrons. The summed E-state index contributed by atoms with van der Waals surface area (Å²) in [7, 11) is 2.39. The standard InChI is InChI=1S/C23H28N4O4S2/c1-26(13-16-4-5-19-12-20(31-3)7-6-18(19)10-16)22(28)14-32-23-25-24-21(27(23)2)11-17-8-9-33(29,30)15-17/h4-7,10,12,17H,8-9,11,13-15H2,1-3H3/t17-/m0/s1. The Labute approximate surface area is 198 Å². The lowest BCUT2D eigenvalue weighted by molar-refractivity contribution is -0.127. The SMILES string of the molecule is COc1ccc2cc(CN(C)C(=O)CSc3nnc(C[C@@H]4CCS(=O)(=O)C4)n3C)ccc2c1. The summed E-state index contributed by atoms with van der Waals surface area (Å²) in [5.74, 6) is 2.39. The number of ether oxygens (including phenoxy) is 1. The highest BCUT2D eigenvalue weighted by Gasteiger charge is 2.29. The first-order valence-electron chi connectivity index (χ1n) is 10.8. The van der Waals surface area contributed by atoms with E-state index < -0.39 is 9.84 Å². The van der Waals surface area contributed by atoms with Gasteiger partial charge in [0, 0.05) is 27.1 Å². The van der Waals surface area contributed by atoms with Crippen LogP contribution in [0.25, 0.3) is 10.8 Å². The first-order valence-corrected chi connectivity index (χ1v) is 13.6. The number of methoxy groups -OCH3 is 1. The highest BCUT2D eigenvalue weighted by Crippen LogP contribution is 2.25. The molecule has 0 radical (unpaired) electrons. The first-order chi connectivity index (χ1) is 15.7. The molecule has 0 aliphatic carbocycles. The van der Waals surface area contributed by atoms with Crippen molar-refractivity contribution in [3.63, 3.8) is 0 Å². The molecular weight excluding hydrogens is 460 g/mol. The largest absolute Gasteiger partial charge is 0.497 e. The van der Waals surface area contributed by atoms with Gasteiger partial charge >= 0.3 is 0 Å². The quantitative estimate of drug-likeness (QED) is 0.450. The van der Waals surface area contributed by atoms with Gasteiger partial charge in [0.2, 0.25) is 5.91 Å². The lowest BCUT2D eigenvalue weighted by atomic mass is 10.1. The van der Waals surface area contributed by atoms with E-state index in [0.29, 0.717) is 24.5 Å². The number of thioether (sulfide) groups is 1. The average molecular weight is 489 g/mol. The maximum absolute atomic E-state index is 12.7. The molecule has 10 heteroatoms. The molecule has 8 nitrogen and oxygen atoms in total. The monoisotopic (exact) mass is 488 g/mol. The fourth-order valence-corrected chi connectivity index (χ4v) is 6.77. The Balaban J connectivity index is 1.32.